The molecule has 0 saturated heterocycles. The van der Waals surface area contributed by atoms with Gasteiger partial charge in [-0.15, -0.1) is 0 Å². The number of ether oxygens (including phenoxy) is 1. The molecule has 3 aromatic rings. The van der Waals surface area contributed by atoms with E-state index < -0.39 is 11.7 Å². The standard InChI is InChI=1S/C19H20F3N5O2/c1-13-14(11-26(3)23-13)10-25(2)18(28)17-7-8-27(24-17)12-29-16-6-4-5-15(9-16)19(20,21)22/h4-9,11H,10,12H2,1-3H3. The van der Waals surface area contributed by atoms with Crippen LogP contribution >= 0.6 is 0 Å². The number of carbonyl (C=O) groups is 1. The van der Waals surface area contributed by atoms with Crippen molar-refractivity contribution in [3.63, 3.8) is 0 Å². The Bertz CT molecular complexity index is 1010. The molecule has 0 atom stereocenters. The summed E-state index contributed by atoms with van der Waals surface area (Å²) < 4.78 is 46.7. The van der Waals surface area contributed by atoms with Crippen LogP contribution in [0.4, 0.5) is 13.2 Å². The summed E-state index contributed by atoms with van der Waals surface area (Å²) in [6, 6.07) is 6.11. The van der Waals surface area contributed by atoms with Crippen LogP contribution < -0.4 is 4.74 Å². The molecule has 0 radical (unpaired) electrons. The zero-order valence-corrected chi connectivity index (χ0v) is 16.1. The number of aromatic nitrogens is 4. The van der Waals surface area contributed by atoms with Crippen LogP contribution in [0, 0.1) is 6.92 Å². The highest BCUT2D eigenvalue weighted by Crippen LogP contribution is 2.31. The van der Waals surface area contributed by atoms with E-state index in [1.807, 2.05) is 20.2 Å². The Hall–Kier alpha value is -3.30. The molecule has 0 spiro atoms. The molecule has 0 saturated carbocycles. The third-order valence-electron chi connectivity index (χ3n) is 4.25. The van der Waals surface area contributed by atoms with E-state index in [2.05, 4.69) is 10.2 Å². The van der Waals surface area contributed by atoms with Crippen LogP contribution in [0.15, 0.2) is 42.7 Å². The summed E-state index contributed by atoms with van der Waals surface area (Å²) in [5.41, 5.74) is 1.18. The average molecular weight is 407 g/mol. The fourth-order valence-corrected chi connectivity index (χ4v) is 2.78. The summed E-state index contributed by atoms with van der Waals surface area (Å²) in [5, 5.41) is 8.39. The first-order chi connectivity index (χ1) is 13.6. The SMILES string of the molecule is Cc1nn(C)cc1CN(C)C(=O)c1ccn(COc2cccc(C(F)(F)F)c2)n1. The molecule has 2 heterocycles. The average Bonchev–Trinajstić information content (AvgIpc) is 3.25. The molecule has 1 amide bonds. The first-order valence-electron chi connectivity index (χ1n) is 8.71. The monoisotopic (exact) mass is 407 g/mol. The van der Waals surface area contributed by atoms with Gasteiger partial charge in [0.2, 0.25) is 0 Å². The first-order valence-corrected chi connectivity index (χ1v) is 8.71. The van der Waals surface area contributed by atoms with Gasteiger partial charge < -0.3 is 9.64 Å². The Morgan fingerprint density at radius 2 is 2.00 bits per heavy atom. The maximum absolute atomic E-state index is 12.8. The maximum atomic E-state index is 12.8. The molecule has 0 unspecified atom stereocenters. The van der Waals surface area contributed by atoms with Crippen LogP contribution in [0.2, 0.25) is 0 Å². The molecule has 1 aromatic carbocycles. The molecule has 0 aliphatic heterocycles. The van der Waals surface area contributed by atoms with Gasteiger partial charge in [0.15, 0.2) is 12.4 Å². The molecule has 0 fully saturated rings. The Morgan fingerprint density at radius 3 is 2.66 bits per heavy atom. The molecule has 0 aliphatic rings. The van der Waals surface area contributed by atoms with Crippen molar-refractivity contribution in [1.82, 2.24) is 24.5 Å². The van der Waals surface area contributed by atoms with Crippen molar-refractivity contribution in [2.75, 3.05) is 7.05 Å². The lowest BCUT2D eigenvalue weighted by Gasteiger charge is -2.15. The number of halogens is 3. The Morgan fingerprint density at radius 1 is 1.24 bits per heavy atom. The van der Waals surface area contributed by atoms with E-state index in [9.17, 15) is 18.0 Å². The van der Waals surface area contributed by atoms with Crippen molar-refractivity contribution in [3.8, 4) is 5.75 Å². The van der Waals surface area contributed by atoms with Gasteiger partial charge in [-0.05, 0) is 31.2 Å². The fraction of sp³-hybridized carbons (Fsp3) is 0.316. The van der Waals surface area contributed by atoms with E-state index in [0.717, 1.165) is 23.4 Å². The molecule has 10 heteroatoms. The van der Waals surface area contributed by atoms with Crippen molar-refractivity contribution in [2.45, 2.75) is 26.4 Å². The number of benzene rings is 1. The number of nitrogens with zero attached hydrogens (tertiary/aromatic N) is 5. The summed E-state index contributed by atoms with van der Waals surface area (Å²) in [5.74, 6) is -0.224. The molecular weight excluding hydrogens is 387 g/mol. The molecule has 0 bridgehead atoms. The van der Waals surface area contributed by atoms with E-state index in [1.54, 1.807) is 11.7 Å². The highest BCUT2D eigenvalue weighted by Gasteiger charge is 2.30. The summed E-state index contributed by atoms with van der Waals surface area (Å²) in [6.07, 6.45) is -1.06. The molecule has 2 aromatic heterocycles. The fourth-order valence-electron chi connectivity index (χ4n) is 2.78. The molecular formula is C19H20F3N5O2. The number of rotatable bonds is 6. The molecule has 29 heavy (non-hydrogen) atoms. The van der Waals surface area contributed by atoms with Crippen molar-refractivity contribution in [3.05, 3.63) is 65.2 Å². The van der Waals surface area contributed by atoms with Gasteiger partial charge in [0.05, 0.1) is 11.3 Å². The molecule has 3 rings (SSSR count). The predicted molar refractivity (Wildman–Crippen MR) is 98.0 cm³/mol. The van der Waals surface area contributed by atoms with Crippen LogP contribution in [-0.2, 0) is 26.5 Å². The minimum absolute atomic E-state index is 0.0624. The molecule has 0 aliphatic carbocycles. The number of carbonyl (C=O) groups excluding carboxylic acids is 1. The normalized spacial score (nSPS) is 11.5. The lowest BCUT2D eigenvalue weighted by atomic mass is 10.2. The maximum Gasteiger partial charge on any atom is 0.416 e. The van der Waals surface area contributed by atoms with Gasteiger partial charge in [0, 0.05) is 38.6 Å². The molecule has 7 nitrogen and oxygen atoms in total. The second-order valence-corrected chi connectivity index (χ2v) is 6.61. The summed E-state index contributed by atoms with van der Waals surface area (Å²) >= 11 is 0. The van der Waals surface area contributed by atoms with Gasteiger partial charge in [-0.3, -0.25) is 9.48 Å². The topological polar surface area (TPSA) is 65.2 Å². The minimum atomic E-state index is -4.44. The second-order valence-electron chi connectivity index (χ2n) is 6.61. The summed E-state index contributed by atoms with van der Waals surface area (Å²) in [6.45, 7) is 2.12. The van der Waals surface area contributed by atoms with Gasteiger partial charge >= 0.3 is 6.18 Å². The van der Waals surface area contributed by atoms with E-state index in [0.29, 0.717) is 6.54 Å². The third-order valence-corrected chi connectivity index (χ3v) is 4.25. The van der Waals surface area contributed by atoms with Crippen molar-refractivity contribution in [1.29, 1.82) is 0 Å². The number of amides is 1. The lowest BCUT2D eigenvalue weighted by molar-refractivity contribution is -0.137. The van der Waals surface area contributed by atoms with E-state index in [-0.39, 0.29) is 24.1 Å². The largest absolute Gasteiger partial charge is 0.471 e. The zero-order chi connectivity index (χ0) is 21.2. The summed E-state index contributed by atoms with van der Waals surface area (Å²) in [4.78, 5) is 14.1. The van der Waals surface area contributed by atoms with Gasteiger partial charge in [-0.25, -0.2) is 4.68 Å². The van der Waals surface area contributed by atoms with Gasteiger partial charge in [-0.2, -0.15) is 23.4 Å². The Kier molecular flexibility index (Phi) is 5.62. The summed E-state index contributed by atoms with van der Waals surface area (Å²) in [7, 11) is 3.47. The van der Waals surface area contributed by atoms with E-state index in [1.165, 1.54) is 34.0 Å². The number of alkyl halides is 3. The van der Waals surface area contributed by atoms with Gasteiger partial charge in [-0.1, -0.05) is 6.07 Å². The lowest BCUT2D eigenvalue weighted by Crippen LogP contribution is -2.27. The van der Waals surface area contributed by atoms with E-state index in [4.69, 9.17) is 4.74 Å². The van der Waals surface area contributed by atoms with Crippen LogP contribution in [0.5, 0.6) is 5.75 Å². The number of hydrogen-bond acceptors (Lipinski definition) is 4. The number of hydrogen-bond donors (Lipinski definition) is 0. The minimum Gasteiger partial charge on any atom is -0.471 e. The van der Waals surface area contributed by atoms with Crippen LogP contribution in [0.25, 0.3) is 0 Å². The van der Waals surface area contributed by atoms with Crippen LogP contribution in [0.1, 0.15) is 27.3 Å². The van der Waals surface area contributed by atoms with E-state index >= 15 is 0 Å². The van der Waals surface area contributed by atoms with Crippen molar-refractivity contribution < 1.29 is 22.7 Å². The predicted octanol–water partition coefficient (Wildman–Crippen LogP) is 3.25. The first kappa shape index (κ1) is 20.4. The van der Waals surface area contributed by atoms with Gasteiger partial charge in [0.25, 0.3) is 5.91 Å². The molecule has 0 N–H and O–H groups in total. The Balaban J connectivity index is 1.61. The highest BCUT2D eigenvalue weighted by molar-refractivity contribution is 5.91. The highest BCUT2D eigenvalue weighted by atomic mass is 19.4. The number of aryl methyl sites for hydroxylation is 2. The van der Waals surface area contributed by atoms with Crippen LogP contribution in [0.3, 0.4) is 0 Å². The molecule has 154 valence electrons. The quantitative estimate of drug-likeness (QED) is 0.629. The van der Waals surface area contributed by atoms with Crippen molar-refractivity contribution >= 4 is 5.91 Å². The second kappa shape index (κ2) is 7.98. The smallest absolute Gasteiger partial charge is 0.416 e. The Labute approximate surface area is 165 Å². The zero-order valence-electron chi connectivity index (χ0n) is 16.1. The van der Waals surface area contributed by atoms with Crippen LogP contribution in [-0.4, -0.2) is 37.4 Å². The van der Waals surface area contributed by atoms with Gasteiger partial charge in [0.1, 0.15) is 5.75 Å². The van der Waals surface area contributed by atoms with Crippen molar-refractivity contribution in [2.24, 2.45) is 7.05 Å². The third kappa shape index (κ3) is 4.95.